The predicted molar refractivity (Wildman–Crippen MR) is 102 cm³/mol. The van der Waals surface area contributed by atoms with Gasteiger partial charge in [-0.25, -0.2) is 0 Å². The van der Waals surface area contributed by atoms with Gasteiger partial charge in [-0.2, -0.15) is 0 Å². The van der Waals surface area contributed by atoms with Gasteiger partial charge in [0.15, 0.2) is 0 Å². The molecule has 2 saturated heterocycles. The van der Waals surface area contributed by atoms with Gasteiger partial charge < -0.3 is 5.11 Å². The zero-order valence-corrected chi connectivity index (χ0v) is 16.2. The lowest BCUT2D eigenvalue weighted by molar-refractivity contribution is 0.0439. The molecule has 2 aliphatic rings. The van der Waals surface area contributed by atoms with E-state index in [0.717, 1.165) is 45.4 Å². The Morgan fingerprint density at radius 1 is 1.08 bits per heavy atom. The second-order valence-electron chi connectivity index (χ2n) is 8.21. The number of nitrogens with zero attached hydrogens (tertiary/aromatic N) is 2. The van der Waals surface area contributed by atoms with Crippen LogP contribution in [-0.2, 0) is 13.1 Å². The molecule has 0 bridgehead atoms. The van der Waals surface area contributed by atoms with Gasteiger partial charge in [-0.3, -0.25) is 9.80 Å². The number of aliphatic hydroxyl groups excluding tert-OH is 1. The molecule has 0 unspecified atom stereocenters. The summed E-state index contributed by atoms with van der Waals surface area (Å²) in [7, 11) is 0. The number of likely N-dealkylation sites (tertiary alicyclic amines) is 2. The van der Waals surface area contributed by atoms with Crippen molar-refractivity contribution < 1.29 is 5.11 Å². The summed E-state index contributed by atoms with van der Waals surface area (Å²) in [5.74, 6) is 1.11. The molecular formula is C20H34N2OS. The molecule has 136 valence electrons. The van der Waals surface area contributed by atoms with E-state index in [2.05, 4.69) is 35.1 Å². The van der Waals surface area contributed by atoms with Crippen molar-refractivity contribution in [3.63, 3.8) is 0 Å². The molecule has 0 saturated carbocycles. The largest absolute Gasteiger partial charge is 0.393 e. The highest BCUT2D eigenvalue weighted by molar-refractivity contribution is 7.10. The van der Waals surface area contributed by atoms with Crippen molar-refractivity contribution in [3.8, 4) is 0 Å². The summed E-state index contributed by atoms with van der Waals surface area (Å²) < 4.78 is 0. The predicted octanol–water partition coefficient (Wildman–Crippen LogP) is 3.96. The molecule has 4 heteroatoms. The number of aliphatic hydroxyl groups is 1. The van der Waals surface area contributed by atoms with Gasteiger partial charge in [0.2, 0.25) is 0 Å². The Labute approximate surface area is 151 Å². The van der Waals surface area contributed by atoms with Crippen molar-refractivity contribution in [2.75, 3.05) is 26.2 Å². The third-order valence-electron chi connectivity index (χ3n) is 5.58. The van der Waals surface area contributed by atoms with Crippen LogP contribution in [0.5, 0.6) is 0 Å². The maximum Gasteiger partial charge on any atom is 0.0571 e. The van der Waals surface area contributed by atoms with Crippen LogP contribution < -0.4 is 0 Å². The molecule has 1 aromatic heterocycles. The lowest BCUT2D eigenvalue weighted by atomic mass is 9.87. The number of thiophene rings is 1. The normalized spacial score (nSPS) is 22.5. The molecule has 1 N–H and O–H groups in total. The number of rotatable bonds is 7. The molecule has 2 fully saturated rings. The van der Waals surface area contributed by atoms with Gasteiger partial charge in [0.05, 0.1) is 6.10 Å². The van der Waals surface area contributed by atoms with Gasteiger partial charge in [-0.1, -0.05) is 13.8 Å². The fourth-order valence-electron chi connectivity index (χ4n) is 4.18. The van der Waals surface area contributed by atoms with Crippen LogP contribution >= 0.6 is 11.3 Å². The second kappa shape index (κ2) is 8.79. The van der Waals surface area contributed by atoms with Crippen molar-refractivity contribution in [1.82, 2.24) is 9.80 Å². The molecule has 24 heavy (non-hydrogen) atoms. The fraction of sp³-hybridized carbons (Fsp3) is 0.800. The maximum atomic E-state index is 10.3. The van der Waals surface area contributed by atoms with E-state index in [1.54, 1.807) is 0 Å². The molecule has 0 aliphatic carbocycles. The average molecular weight is 351 g/mol. The quantitative estimate of drug-likeness (QED) is 0.806. The molecule has 2 aliphatic heterocycles. The molecule has 3 heterocycles. The minimum absolute atomic E-state index is 0.0963. The van der Waals surface area contributed by atoms with E-state index in [0.29, 0.717) is 11.8 Å². The molecule has 1 aromatic rings. The number of hydrogen-bond acceptors (Lipinski definition) is 4. The van der Waals surface area contributed by atoms with E-state index in [9.17, 15) is 5.11 Å². The summed E-state index contributed by atoms with van der Waals surface area (Å²) in [6, 6.07) is 2.42. The highest BCUT2D eigenvalue weighted by Crippen LogP contribution is 2.27. The smallest absolute Gasteiger partial charge is 0.0571 e. The van der Waals surface area contributed by atoms with E-state index < -0.39 is 0 Å². The van der Waals surface area contributed by atoms with Crippen molar-refractivity contribution in [2.24, 2.45) is 11.8 Å². The SMILES string of the molecule is CC(C)C[C@H](O)C1CCN(Cc2cc(CN3CCCC3)cs2)CC1. The Bertz CT molecular complexity index is 488. The zero-order chi connectivity index (χ0) is 16.9. The Balaban J connectivity index is 1.42. The van der Waals surface area contributed by atoms with E-state index in [4.69, 9.17) is 0 Å². The van der Waals surface area contributed by atoms with Crippen LogP contribution in [0.3, 0.4) is 0 Å². The lowest BCUT2D eigenvalue weighted by Crippen LogP contribution is -2.37. The van der Waals surface area contributed by atoms with Crippen LogP contribution in [0.15, 0.2) is 11.4 Å². The number of piperidine rings is 1. The Morgan fingerprint density at radius 2 is 1.75 bits per heavy atom. The van der Waals surface area contributed by atoms with Gasteiger partial charge in [-0.15, -0.1) is 11.3 Å². The van der Waals surface area contributed by atoms with E-state index >= 15 is 0 Å². The zero-order valence-electron chi connectivity index (χ0n) is 15.4. The van der Waals surface area contributed by atoms with Crippen LogP contribution in [0.4, 0.5) is 0 Å². The van der Waals surface area contributed by atoms with Crippen LogP contribution in [0, 0.1) is 11.8 Å². The molecule has 0 spiro atoms. The molecule has 3 nitrogen and oxygen atoms in total. The van der Waals surface area contributed by atoms with Crippen molar-refractivity contribution in [1.29, 1.82) is 0 Å². The molecule has 0 amide bonds. The van der Waals surface area contributed by atoms with E-state index in [1.807, 2.05) is 11.3 Å². The Morgan fingerprint density at radius 3 is 2.42 bits per heavy atom. The molecule has 1 atom stereocenters. The molecule has 0 aromatic carbocycles. The van der Waals surface area contributed by atoms with Crippen LogP contribution in [0.2, 0.25) is 0 Å². The third kappa shape index (κ3) is 5.29. The molecular weight excluding hydrogens is 316 g/mol. The summed E-state index contributed by atoms with van der Waals surface area (Å²) >= 11 is 1.92. The fourth-order valence-corrected chi connectivity index (χ4v) is 5.10. The van der Waals surface area contributed by atoms with E-state index in [-0.39, 0.29) is 6.10 Å². The highest BCUT2D eigenvalue weighted by atomic mass is 32.1. The first-order chi connectivity index (χ1) is 11.6. The van der Waals surface area contributed by atoms with Gasteiger partial charge in [-0.05, 0) is 87.1 Å². The Kier molecular flexibility index (Phi) is 6.73. The van der Waals surface area contributed by atoms with Crippen molar-refractivity contribution >= 4 is 11.3 Å². The average Bonchev–Trinajstić information content (AvgIpc) is 3.20. The monoisotopic (exact) mass is 350 g/mol. The maximum absolute atomic E-state index is 10.3. The highest BCUT2D eigenvalue weighted by Gasteiger charge is 2.25. The summed E-state index contributed by atoms with van der Waals surface area (Å²) in [6.45, 7) is 11.5. The van der Waals surface area contributed by atoms with Crippen LogP contribution in [-0.4, -0.2) is 47.2 Å². The summed E-state index contributed by atoms with van der Waals surface area (Å²) in [5.41, 5.74) is 1.50. The van der Waals surface area contributed by atoms with Gasteiger partial charge in [0, 0.05) is 18.0 Å². The summed E-state index contributed by atoms with van der Waals surface area (Å²) in [4.78, 5) is 6.66. The first-order valence-electron chi connectivity index (χ1n) is 9.79. The summed E-state index contributed by atoms with van der Waals surface area (Å²) in [6.07, 6.45) is 5.90. The van der Waals surface area contributed by atoms with Gasteiger partial charge in [0.1, 0.15) is 0 Å². The molecule has 0 radical (unpaired) electrons. The van der Waals surface area contributed by atoms with E-state index in [1.165, 1.54) is 36.4 Å². The van der Waals surface area contributed by atoms with Crippen LogP contribution in [0.25, 0.3) is 0 Å². The van der Waals surface area contributed by atoms with Gasteiger partial charge >= 0.3 is 0 Å². The van der Waals surface area contributed by atoms with Crippen molar-refractivity contribution in [3.05, 3.63) is 21.9 Å². The standard InChI is InChI=1S/C20H34N2OS/c1-16(2)11-20(23)18-5-9-22(10-6-18)14-19-12-17(15-24-19)13-21-7-3-4-8-21/h12,15-16,18,20,23H,3-11,13-14H2,1-2H3/t20-/m0/s1. The van der Waals surface area contributed by atoms with Crippen molar-refractivity contribution in [2.45, 2.75) is 65.1 Å². The summed E-state index contributed by atoms with van der Waals surface area (Å²) in [5, 5.41) is 12.7. The lowest BCUT2D eigenvalue weighted by Gasteiger charge is -2.34. The first kappa shape index (κ1) is 18.4. The second-order valence-corrected chi connectivity index (χ2v) is 9.21. The third-order valence-corrected chi connectivity index (χ3v) is 6.55. The minimum atomic E-state index is -0.0963. The minimum Gasteiger partial charge on any atom is -0.393 e. The topological polar surface area (TPSA) is 26.7 Å². The number of hydrogen-bond donors (Lipinski definition) is 1. The van der Waals surface area contributed by atoms with Gasteiger partial charge in [0.25, 0.3) is 0 Å². The first-order valence-corrected chi connectivity index (χ1v) is 10.7. The van der Waals surface area contributed by atoms with Crippen LogP contribution in [0.1, 0.15) is 56.4 Å². The molecule has 3 rings (SSSR count). The Hall–Kier alpha value is -0.420.